The molecule has 1 rings (SSSR count). The van der Waals surface area contributed by atoms with Gasteiger partial charge in [-0.25, -0.2) is 0 Å². The molecule has 1 fully saturated rings. The Hall–Kier alpha value is -0.330. The van der Waals surface area contributed by atoms with E-state index in [0.717, 1.165) is 32.0 Å². The highest BCUT2D eigenvalue weighted by atomic mass is 16.1. The van der Waals surface area contributed by atoms with E-state index in [2.05, 4.69) is 6.42 Å². The Bertz CT molecular complexity index is 72.5. The maximum absolute atomic E-state index is 10.1. The molecule has 0 unspecified atom stereocenters. The number of carbonyl (C=O) groups is 1. The van der Waals surface area contributed by atoms with E-state index in [1.54, 1.807) is 0 Å². The van der Waals surface area contributed by atoms with Gasteiger partial charge in [0.25, 0.3) is 0 Å². The topological polar surface area (TPSA) is 17.1 Å². The molecule has 0 amide bonds. The van der Waals surface area contributed by atoms with E-state index < -0.39 is 0 Å². The van der Waals surface area contributed by atoms with E-state index in [0.29, 0.717) is 5.92 Å². The predicted molar refractivity (Wildman–Crippen MR) is 32.3 cm³/mol. The van der Waals surface area contributed by atoms with Gasteiger partial charge in [-0.2, -0.15) is 0 Å². The van der Waals surface area contributed by atoms with Gasteiger partial charge >= 0.3 is 0 Å². The highest BCUT2D eigenvalue weighted by Crippen LogP contribution is 2.20. The number of hydrogen-bond acceptors (Lipinski definition) is 1. The van der Waals surface area contributed by atoms with E-state index in [1.807, 2.05) is 0 Å². The van der Waals surface area contributed by atoms with Crippen molar-refractivity contribution in [2.45, 2.75) is 25.7 Å². The maximum Gasteiger partial charge on any atom is 0.123 e. The zero-order valence-electron chi connectivity index (χ0n) is 4.97. The summed E-state index contributed by atoms with van der Waals surface area (Å²) >= 11 is 0. The highest BCUT2D eigenvalue weighted by Gasteiger charge is 2.10. The van der Waals surface area contributed by atoms with Gasteiger partial charge in [0, 0.05) is 5.92 Å². The van der Waals surface area contributed by atoms with Gasteiger partial charge in [0.05, 0.1) is 0 Å². The van der Waals surface area contributed by atoms with Crippen LogP contribution in [0.25, 0.3) is 0 Å². The van der Waals surface area contributed by atoms with Crippen LogP contribution in [0.5, 0.6) is 0 Å². The minimum Gasteiger partial charge on any atom is -0.303 e. The second-order valence-corrected chi connectivity index (χ2v) is 2.34. The molecule has 0 aromatic heterocycles. The fraction of sp³-hybridized carbons (Fsp3) is 0.714. The van der Waals surface area contributed by atoms with Crippen LogP contribution in [0.1, 0.15) is 25.7 Å². The van der Waals surface area contributed by atoms with Crippen molar-refractivity contribution < 1.29 is 4.79 Å². The van der Waals surface area contributed by atoms with Crippen LogP contribution >= 0.6 is 0 Å². The van der Waals surface area contributed by atoms with Crippen LogP contribution in [-0.4, -0.2) is 6.29 Å². The van der Waals surface area contributed by atoms with Gasteiger partial charge < -0.3 is 4.79 Å². The van der Waals surface area contributed by atoms with E-state index in [4.69, 9.17) is 0 Å². The molecule has 1 saturated carbocycles. The van der Waals surface area contributed by atoms with E-state index >= 15 is 0 Å². The lowest BCUT2D eigenvalue weighted by Crippen LogP contribution is -2.06. The lowest BCUT2D eigenvalue weighted by Gasteiger charge is -2.14. The lowest BCUT2D eigenvalue weighted by atomic mass is 9.91. The second kappa shape index (κ2) is 2.85. The molecular weight excluding hydrogens is 100 g/mol. The van der Waals surface area contributed by atoms with Crippen LogP contribution in [0.15, 0.2) is 0 Å². The Morgan fingerprint density at radius 2 is 2.00 bits per heavy atom. The number of carbonyl (C=O) groups excluding carboxylic acids is 1. The first-order valence-electron chi connectivity index (χ1n) is 3.20. The van der Waals surface area contributed by atoms with Gasteiger partial charge in [-0.1, -0.05) is 0 Å². The fourth-order valence-corrected chi connectivity index (χ4v) is 1.09. The second-order valence-electron chi connectivity index (χ2n) is 2.34. The van der Waals surface area contributed by atoms with E-state index in [9.17, 15) is 4.79 Å². The molecule has 0 aromatic rings. The van der Waals surface area contributed by atoms with Crippen molar-refractivity contribution in [2.24, 2.45) is 5.92 Å². The van der Waals surface area contributed by atoms with Gasteiger partial charge in [0.2, 0.25) is 0 Å². The third-order valence-electron chi connectivity index (χ3n) is 1.68. The molecule has 1 nitrogen and oxygen atoms in total. The fourth-order valence-electron chi connectivity index (χ4n) is 1.09. The summed E-state index contributed by atoms with van der Waals surface area (Å²) < 4.78 is 0. The average molecular weight is 111 g/mol. The summed E-state index contributed by atoms with van der Waals surface area (Å²) in [6.07, 6.45) is 7.81. The van der Waals surface area contributed by atoms with Gasteiger partial charge in [-0.3, -0.25) is 0 Å². The van der Waals surface area contributed by atoms with Gasteiger partial charge in [0.1, 0.15) is 6.29 Å². The molecule has 45 valence electrons. The molecule has 0 aromatic carbocycles. The van der Waals surface area contributed by atoms with Crippen LogP contribution < -0.4 is 0 Å². The van der Waals surface area contributed by atoms with Crippen LogP contribution in [0, 0.1) is 12.3 Å². The molecule has 1 aliphatic carbocycles. The van der Waals surface area contributed by atoms with Crippen molar-refractivity contribution in [3.63, 3.8) is 0 Å². The zero-order chi connectivity index (χ0) is 5.82. The summed E-state index contributed by atoms with van der Waals surface area (Å²) in [6.45, 7) is 0. The molecular formula is C7H11O. The normalized spacial score (nSPS) is 23.0. The first kappa shape index (κ1) is 5.80. The van der Waals surface area contributed by atoms with Crippen LogP contribution in [0.3, 0.4) is 0 Å². The minimum atomic E-state index is 0.375. The molecule has 0 aliphatic heterocycles. The van der Waals surface area contributed by atoms with Crippen molar-refractivity contribution in [1.29, 1.82) is 0 Å². The van der Waals surface area contributed by atoms with Crippen molar-refractivity contribution in [3.8, 4) is 0 Å². The molecule has 1 radical (unpaired) electrons. The Kier molecular flexibility index (Phi) is 2.07. The summed E-state index contributed by atoms with van der Waals surface area (Å²) in [5.74, 6) is 0.375. The molecule has 0 spiro atoms. The Balaban J connectivity index is 2.22. The Morgan fingerprint density at radius 1 is 1.38 bits per heavy atom. The minimum absolute atomic E-state index is 0.375. The van der Waals surface area contributed by atoms with Crippen molar-refractivity contribution in [2.75, 3.05) is 0 Å². The standard InChI is InChI=1S/C7H11O/c8-6-7-4-2-1-3-5-7/h1,6-7H,2-5H2. The Labute approximate surface area is 50.1 Å². The largest absolute Gasteiger partial charge is 0.303 e. The van der Waals surface area contributed by atoms with Crippen molar-refractivity contribution in [1.82, 2.24) is 0 Å². The summed E-state index contributed by atoms with van der Waals surface area (Å²) in [6, 6.07) is 0. The van der Waals surface area contributed by atoms with Crippen LogP contribution in [0.4, 0.5) is 0 Å². The number of hydrogen-bond donors (Lipinski definition) is 0. The van der Waals surface area contributed by atoms with E-state index in [1.165, 1.54) is 0 Å². The predicted octanol–water partition coefficient (Wildman–Crippen LogP) is 1.58. The first-order valence-corrected chi connectivity index (χ1v) is 3.20. The van der Waals surface area contributed by atoms with E-state index in [-0.39, 0.29) is 0 Å². The SMILES string of the molecule is O=CC1CC[CH]CC1. The summed E-state index contributed by atoms with van der Waals surface area (Å²) in [5, 5.41) is 0. The summed E-state index contributed by atoms with van der Waals surface area (Å²) in [4.78, 5) is 10.1. The summed E-state index contributed by atoms with van der Waals surface area (Å²) in [7, 11) is 0. The third kappa shape index (κ3) is 1.32. The zero-order valence-corrected chi connectivity index (χ0v) is 4.97. The first-order chi connectivity index (χ1) is 3.93. The quantitative estimate of drug-likeness (QED) is 0.469. The molecule has 0 heterocycles. The average Bonchev–Trinajstić information content (AvgIpc) is 1.90. The smallest absolute Gasteiger partial charge is 0.123 e. The number of rotatable bonds is 1. The van der Waals surface area contributed by atoms with Crippen molar-refractivity contribution in [3.05, 3.63) is 6.42 Å². The highest BCUT2D eigenvalue weighted by molar-refractivity contribution is 5.53. The molecule has 0 N–H and O–H groups in total. The molecule has 0 bridgehead atoms. The van der Waals surface area contributed by atoms with Gasteiger partial charge in [-0.15, -0.1) is 0 Å². The number of aldehydes is 1. The summed E-state index contributed by atoms with van der Waals surface area (Å²) in [5.41, 5.74) is 0. The third-order valence-corrected chi connectivity index (χ3v) is 1.68. The molecule has 0 saturated heterocycles. The molecule has 0 atom stereocenters. The molecule has 1 heteroatoms. The van der Waals surface area contributed by atoms with Gasteiger partial charge in [0.15, 0.2) is 0 Å². The molecule has 1 aliphatic rings. The monoisotopic (exact) mass is 111 g/mol. The van der Waals surface area contributed by atoms with Crippen molar-refractivity contribution >= 4 is 6.29 Å². The van der Waals surface area contributed by atoms with Crippen LogP contribution in [-0.2, 0) is 4.79 Å². The Morgan fingerprint density at radius 3 is 2.38 bits per heavy atom. The van der Waals surface area contributed by atoms with Gasteiger partial charge in [-0.05, 0) is 32.1 Å². The molecule has 8 heavy (non-hydrogen) atoms. The van der Waals surface area contributed by atoms with Crippen LogP contribution in [0.2, 0.25) is 0 Å². The lowest BCUT2D eigenvalue weighted by molar-refractivity contribution is -0.111. The maximum atomic E-state index is 10.1.